The van der Waals surface area contributed by atoms with Gasteiger partial charge in [-0.1, -0.05) is 35.3 Å². The zero-order chi connectivity index (χ0) is 27.8. The van der Waals surface area contributed by atoms with Crippen LogP contribution in [-0.4, -0.2) is 43.2 Å². The Morgan fingerprint density at radius 3 is 2.58 bits per heavy atom. The number of halogens is 2. The van der Waals surface area contributed by atoms with E-state index >= 15 is 0 Å². The summed E-state index contributed by atoms with van der Waals surface area (Å²) in [5, 5.41) is 4.31. The standard InChI is InChI=1S/C30H21Cl2N5O3/c31-20-7-9-23-25(15-20)35-28(38)26(16-21-5-1-2-11-33-21)37(30(23)40)17-18-6-8-22(24(32)14-18)29(39)36-13-10-19-4-3-12-34-27(19)36/h1-15,26H,16-17H2,(H,35,38)/t26-/m1/s1. The number of carbonyl (C=O) groups is 3. The molecule has 0 unspecified atom stereocenters. The number of benzene rings is 2. The molecule has 0 fully saturated rings. The Hall–Kier alpha value is -4.53. The number of amides is 2. The lowest BCUT2D eigenvalue weighted by Gasteiger charge is -2.29. The highest BCUT2D eigenvalue weighted by Crippen LogP contribution is 2.30. The lowest BCUT2D eigenvalue weighted by molar-refractivity contribution is -0.120. The third kappa shape index (κ3) is 4.83. The summed E-state index contributed by atoms with van der Waals surface area (Å²) < 4.78 is 1.45. The first-order valence-electron chi connectivity index (χ1n) is 12.5. The maximum atomic E-state index is 13.8. The minimum absolute atomic E-state index is 0.0774. The molecule has 8 nitrogen and oxygen atoms in total. The van der Waals surface area contributed by atoms with Crippen LogP contribution in [0.3, 0.4) is 0 Å². The van der Waals surface area contributed by atoms with E-state index in [-0.39, 0.29) is 35.7 Å². The van der Waals surface area contributed by atoms with Gasteiger partial charge in [-0.05, 0) is 66.2 Å². The van der Waals surface area contributed by atoms with Crippen LogP contribution in [0.1, 0.15) is 32.0 Å². The molecule has 0 saturated carbocycles. The van der Waals surface area contributed by atoms with Gasteiger partial charge in [0.25, 0.3) is 11.8 Å². The highest BCUT2D eigenvalue weighted by molar-refractivity contribution is 6.34. The molecule has 4 heterocycles. The topological polar surface area (TPSA) is 97.2 Å². The largest absolute Gasteiger partial charge is 0.323 e. The predicted octanol–water partition coefficient (Wildman–Crippen LogP) is 5.63. The predicted molar refractivity (Wildman–Crippen MR) is 153 cm³/mol. The average Bonchev–Trinajstić information content (AvgIpc) is 3.36. The van der Waals surface area contributed by atoms with Gasteiger partial charge in [0.1, 0.15) is 11.7 Å². The van der Waals surface area contributed by atoms with E-state index in [1.54, 1.807) is 67.1 Å². The number of hydrogen-bond donors (Lipinski definition) is 1. The number of aromatic nitrogens is 3. The molecule has 1 aliphatic rings. The smallest absolute Gasteiger partial charge is 0.265 e. The van der Waals surface area contributed by atoms with E-state index in [4.69, 9.17) is 23.2 Å². The van der Waals surface area contributed by atoms with Crippen molar-refractivity contribution in [3.63, 3.8) is 0 Å². The Morgan fingerprint density at radius 2 is 1.77 bits per heavy atom. The van der Waals surface area contributed by atoms with Crippen LogP contribution in [0.15, 0.2) is 91.4 Å². The second-order valence-corrected chi connectivity index (χ2v) is 10.2. The maximum absolute atomic E-state index is 13.8. The van der Waals surface area contributed by atoms with Gasteiger partial charge < -0.3 is 10.2 Å². The molecular weight excluding hydrogens is 549 g/mol. The lowest BCUT2D eigenvalue weighted by Crippen LogP contribution is -2.46. The van der Waals surface area contributed by atoms with Gasteiger partial charge in [0, 0.05) is 47.7 Å². The van der Waals surface area contributed by atoms with Crippen LogP contribution < -0.4 is 5.32 Å². The normalized spacial score (nSPS) is 15.1. The Labute approximate surface area is 239 Å². The van der Waals surface area contributed by atoms with E-state index in [0.717, 1.165) is 5.39 Å². The number of fused-ring (bicyclic) bond motifs is 2. The number of nitrogens with one attached hydrogen (secondary N) is 1. The van der Waals surface area contributed by atoms with E-state index in [9.17, 15) is 14.4 Å². The van der Waals surface area contributed by atoms with Gasteiger partial charge in [-0.3, -0.25) is 23.9 Å². The number of pyridine rings is 2. The first-order chi connectivity index (χ1) is 19.4. The summed E-state index contributed by atoms with van der Waals surface area (Å²) in [6.45, 7) is 0.0774. The Bertz CT molecular complexity index is 1790. The van der Waals surface area contributed by atoms with Gasteiger partial charge in [0.05, 0.1) is 21.8 Å². The quantitative estimate of drug-likeness (QED) is 0.295. The molecule has 1 aliphatic heterocycles. The molecule has 2 aromatic carbocycles. The minimum atomic E-state index is -0.856. The first kappa shape index (κ1) is 25.7. The minimum Gasteiger partial charge on any atom is -0.323 e. The number of hydrogen-bond acceptors (Lipinski definition) is 5. The molecule has 0 bridgehead atoms. The van der Waals surface area contributed by atoms with E-state index < -0.39 is 6.04 Å². The third-order valence-electron chi connectivity index (χ3n) is 6.82. The van der Waals surface area contributed by atoms with Crippen LogP contribution in [-0.2, 0) is 17.8 Å². The van der Waals surface area contributed by atoms with Crippen LogP contribution >= 0.6 is 23.2 Å². The molecule has 0 radical (unpaired) electrons. The molecule has 0 aliphatic carbocycles. The Kier molecular flexibility index (Phi) is 6.79. The summed E-state index contributed by atoms with van der Waals surface area (Å²) in [7, 11) is 0. The highest BCUT2D eigenvalue weighted by atomic mass is 35.5. The van der Waals surface area contributed by atoms with Crippen molar-refractivity contribution in [2.45, 2.75) is 19.0 Å². The zero-order valence-corrected chi connectivity index (χ0v) is 22.4. The number of nitrogens with zero attached hydrogens (tertiary/aromatic N) is 4. The summed E-state index contributed by atoms with van der Waals surface area (Å²) in [6.07, 6.45) is 5.13. The van der Waals surface area contributed by atoms with Crippen LogP contribution in [0, 0.1) is 0 Å². The number of rotatable bonds is 5. The van der Waals surface area contributed by atoms with Gasteiger partial charge >= 0.3 is 0 Å². The second kappa shape index (κ2) is 10.6. The van der Waals surface area contributed by atoms with E-state index in [1.807, 2.05) is 24.3 Å². The zero-order valence-electron chi connectivity index (χ0n) is 20.9. The SMILES string of the molecule is O=C1Nc2cc(Cl)ccc2C(=O)N(Cc2ccc(C(=O)n3ccc4cccnc43)c(Cl)c2)[C@@H]1Cc1ccccn1. The molecule has 10 heteroatoms. The van der Waals surface area contributed by atoms with E-state index in [1.165, 1.54) is 9.47 Å². The van der Waals surface area contributed by atoms with Gasteiger partial charge in [-0.25, -0.2) is 4.98 Å². The Balaban J connectivity index is 1.34. The maximum Gasteiger partial charge on any atom is 0.265 e. The molecule has 0 spiro atoms. The van der Waals surface area contributed by atoms with Crippen molar-refractivity contribution in [1.82, 2.24) is 19.4 Å². The van der Waals surface area contributed by atoms with Crippen molar-refractivity contribution < 1.29 is 14.4 Å². The van der Waals surface area contributed by atoms with Crippen LogP contribution in [0.25, 0.3) is 11.0 Å². The van der Waals surface area contributed by atoms with Crippen molar-refractivity contribution >= 4 is 57.6 Å². The molecule has 3 aromatic heterocycles. The summed E-state index contributed by atoms with van der Waals surface area (Å²) in [4.78, 5) is 50.7. The molecule has 1 atom stereocenters. The molecule has 2 amide bonds. The fraction of sp³-hybridized carbons (Fsp3) is 0.100. The van der Waals surface area contributed by atoms with Crippen molar-refractivity contribution in [3.05, 3.63) is 124 Å². The van der Waals surface area contributed by atoms with Crippen LogP contribution in [0.5, 0.6) is 0 Å². The molecule has 0 saturated heterocycles. The monoisotopic (exact) mass is 569 g/mol. The van der Waals surface area contributed by atoms with Crippen LogP contribution in [0.2, 0.25) is 10.0 Å². The molecule has 5 aromatic rings. The average molecular weight is 570 g/mol. The number of anilines is 1. The van der Waals surface area contributed by atoms with Gasteiger partial charge in [-0.15, -0.1) is 0 Å². The van der Waals surface area contributed by atoms with Crippen LogP contribution in [0.4, 0.5) is 5.69 Å². The van der Waals surface area contributed by atoms with Crippen molar-refractivity contribution in [3.8, 4) is 0 Å². The molecule has 1 N–H and O–H groups in total. The van der Waals surface area contributed by atoms with Gasteiger partial charge in [0.15, 0.2) is 0 Å². The summed E-state index contributed by atoms with van der Waals surface area (Å²) >= 11 is 12.8. The fourth-order valence-electron chi connectivity index (χ4n) is 4.85. The van der Waals surface area contributed by atoms with E-state index in [2.05, 4.69) is 15.3 Å². The fourth-order valence-corrected chi connectivity index (χ4v) is 5.31. The lowest BCUT2D eigenvalue weighted by atomic mass is 10.0. The van der Waals surface area contributed by atoms with Crippen molar-refractivity contribution in [2.75, 3.05) is 5.32 Å². The summed E-state index contributed by atoms with van der Waals surface area (Å²) in [5.41, 5.74) is 2.81. The molecule has 198 valence electrons. The summed E-state index contributed by atoms with van der Waals surface area (Å²) in [5.74, 6) is -1.02. The van der Waals surface area contributed by atoms with Gasteiger partial charge in [-0.2, -0.15) is 0 Å². The van der Waals surface area contributed by atoms with Gasteiger partial charge in [0.2, 0.25) is 5.91 Å². The van der Waals surface area contributed by atoms with Crippen molar-refractivity contribution in [2.24, 2.45) is 0 Å². The molecule has 6 rings (SSSR count). The Morgan fingerprint density at radius 1 is 0.925 bits per heavy atom. The molecular formula is C30H21Cl2N5O3. The molecule has 40 heavy (non-hydrogen) atoms. The van der Waals surface area contributed by atoms with E-state index in [0.29, 0.717) is 38.7 Å². The van der Waals surface area contributed by atoms with Crippen molar-refractivity contribution in [1.29, 1.82) is 0 Å². The third-order valence-corrected chi connectivity index (χ3v) is 7.37. The first-order valence-corrected chi connectivity index (χ1v) is 13.2. The number of carbonyl (C=O) groups excluding carboxylic acids is 3. The second-order valence-electron chi connectivity index (χ2n) is 9.37. The highest BCUT2D eigenvalue weighted by Gasteiger charge is 2.36. The summed E-state index contributed by atoms with van der Waals surface area (Å²) in [6, 6.07) is 19.8.